The molecule has 0 aliphatic carbocycles. The van der Waals surface area contributed by atoms with E-state index in [2.05, 4.69) is 49.1 Å². The predicted octanol–water partition coefficient (Wildman–Crippen LogP) is -4.09. The molecule has 0 saturated heterocycles. The van der Waals surface area contributed by atoms with Gasteiger partial charge in [0.2, 0.25) is 0 Å². The molecule has 0 heterocycles. The number of amidine groups is 1. The van der Waals surface area contributed by atoms with Crippen LogP contribution in [0.5, 0.6) is 0 Å². The molecule has 16 heavy (non-hydrogen) atoms. The average molecular weight is 272 g/mol. The molecule has 0 unspecified atom stereocenters. The predicted molar refractivity (Wildman–Crippen MR) is 58.2 cm³/mol. The molecule has 0 aliphatic heterocycles. The largest absolute Gasteiger partial charge is 1.00 e. The first-order valence-corrected chi connectivity index (χ1v) is 4.48. The molecule has 0 fully saturated rings. The molecule has 7 nitrogen and oxygen atoms in total. The quantitative estimate of drug-likeness (QED) is 0.0966. The fraction of sp³-hybridized carbons (Fsp3) is 0.333. The van der Waals surface area contributed by atoms with Gasteiger partial charge in [-0.1, -0.05) is 6.08 Å². The van der Waals surface area contributed by atoms with Crippen LogP contribution >= 0.6 is 12.2 Å². The summed E-state index contributed by atoms with van der Waals surface area (Å²) in [5, 5.41) is 15.6. The van der Waals surface area contributed by atoms with E-state index in [1.54, 1.807) is 6.08 Å². The summed E-state index contributed by atoms with van der Waals surface area (Å²) in [6, 6.07) is 0. The maximum absolute atomic E-state index is 9.57. The molecule has 2 N–H and O–H groups in total. The second kappa shape index (κ2) is 13.1. The van der Waals surface area contributed by atoms with E-state index in [9.17, 15) is 5.26 Å². The van der Waals surface area contributed by atoms with Crippen LogP contribution in [0, 0.1) is 0 Å². The Morgan fingerprint density at radius 1 is 1.56 bits per heavy atom. The van der Waals surface area contributed by atoms with Crippen molar-refractivity contribution in [2.24, 2.45) is 9.46 Å². The molecular weight excluding hydrogens is 263 g/mol. The first-order chi connectivity index (χ1) is 7.24. The number of hydrogen-bond donors (Lipinski definition) is 2. The minimum atomic E-state index is -0.237. The van der Waals surface area contributed by atoms with E-state index < -0.39 is 0 Å². The van der Waals surface area contributed by atoms with Gasteiger partial charge in [0.1, 0.15) is 6.61 Å². The summed E-state index contributed by atoms with van der Waals surface area (Å²) in [5.74, 6) is 0.155. The van der Waals surface area contributed by atoms with Crippen LogP contribution in [-0.4, -0.2) is 24.1 Å². The second-order valence-corrected chi connectivity index (χ2v) is 2.64. The summed E-state index contributed by atoms with van der Waals surface area (Å²) in [7, 11) is 0. The van der Waals surface area contributed by atoms with Gasteiger partial charge >= 0.3 is 29.6 Å². The van der Waals surface area contributed by atoms with Crippen LogP contribution in [0.15, 0.2) is 22.1 Å². The third-order valence-electron chi connectivity index (χ3n) is 1.05. The maximum atomic E-state index is 9.57. The van der Waals surface area contributed by atoms with E-state index in [1.165, 1.54) is 0 Å². The molecule has 0 radical (unpaired) electrons. The zero-order chi connectivity index (χ0) is 11.5. The smallest absolute Gasteiger partial charge is 0.692 e. The molecule has 84 valence electrons. The number of aliphatic imine (C=N–C) groups is 1. The van der Waals surface area contributed by atoms with Crippen LogP contribution in [0.4, 0.5) is 0 Å². The molecule has 0 amide bonds. The van der Waals surface area contributed by atoms with Gasteiger partial charge in [-0.15, -0.1) is 11.1 Å². The van der Waals surface area contributed by atoms with Crippen LogP contribution in [0.1, 0.15) is 0 Å². The molecule has 0 aromatic carbocycles. The number of nitrogens with one attached hydrogen (secondary N) is 2. The molecule has 0 atom stereocenters. The third-order valence-corrected chi connectivity index (χ3v) is 1.38. The van der Waals surface area contributed by atoms with Crippen LogP contribution in [0.2, 0.25) is 0 Å². The minimum Gasteiger partial charge on any atom is -0.692 e. The van der Waals surface area contributed by atoms with Gasteiger partial charge in [0.05, 0.1) is 12.4 Å². The summed E-state index contributed by atoms with van der Waals surface area (Å²) in [4.78, 5) is 7.91. The normalized spacial score (nSPS) is 9.94. The molecule has 0 spiro atoms. The number of hydrogen-bond acceptors (Lipinski definition) is 6. The van der Waals surface area contributed by atoms with Gasteiger partial charge in [-0.05, 0) is 12.2 Å². The van der Waals surface area contributed by atoms with Crippen LogP contribution in [0.25, 0.3) is 0 Å². The monoisotopic (exact) mass is 272 g/mol. The molecule has 0 bridgehead atoms. The van der Waals surface area contributed by atoms with Crippen molar-refractivity contribution in [2.75, 3.05) is 13.2 Å². The van der Waals surface area contributed by atoms with E-state index in [-0.39, 0.29) is 47.1 Å². The van der Waals surface area contributed by atoms with Gasteiger partial charge in [0, 0.05) is 6.54 Å². The first-order valence-electron chi connectivity index (χ1n) is 3.70. The van der Waals surface area contributed by atoms with Gasteiger partial charge in [0.25, 0.3) is 0 Å². The fourth-order valence-corrected chi connectivity index (χ4v) is 0.843. The summed E-state index contributed by atoms with van der Waals surface area (Å²) < 4.78 is 3.18. The summed E-state index contributed by atoms with van der Waals surface area (Å²) >= 11 is 9.12. The first kappa shape index (κ1) is 18.4. The standard InChI is InChI=1S/C6H10N4O3S2.Na/c1-2-3-7-6(14)8-5(9-10-15)4-12-13-11;/h2,11H,1,3-4H2,(H2,7,8,9,14,15);/q;+1/p-1. The van der Waals surface area contributed by atoms with Crippen molar-refractivity contribution >= 4 is 35.6 Å². The van der Waals surface area contributed by atoms with Crippen LogP contribution in [0.3, 0.4) is 0 Å². The van der Waals surface area contributed by atoms with Crippen LogP contribution < -0.4 is 45.6 Å². The average Bonchev–Trinajstić information content (AvgIpc) is 2.23. The van der Waals surface area contributed by atoms with Gasteiger partial charge in [-0.2, -0.15) is 0 Å². The molecule has 0 aromatic heterocycles. The summed E-state index contributed by atoms with van der Waals surface area (Å²) in [6.07, 6.45) is 1.61. The maximum Gasteiger partial charge on any atom is 1.00 e. The Morgan fingerprint density at radius 3 is 2.75 bits per heavy atom. The van der Waals surface area contributed by atoms with Gasteiger partial charge < -0.3 is 10.6 Å². The molecule has 0 aromatic rings. The zero-order valence-corrected chi connectivity index (χ0v) is 12.3. The van der Waals surface area contributed by atoms with Gasteiger partial charge in [0.15, 0.2) is 10.9 Å². The van der Waals surface area contributed by atoms with Crippen molar-refractivity contribution < 1.29 is 44.7 Å². The molecule has 10 heteroatoms. The fourth-order valence-electron chi connectivity index (χ4n) is 0.544. The topological polar surface area (TPSA) is 90.3 Å². The van der Waals surface area contributed by atoms with Gasteiger partial charge in [-0.25, -0.2) is 9.88 Å². The molecular formula is C6H9N4NaO3S2. The van der Waals surface area contributed by atoms with Crippen molar-refractivity contribution in [1.82, 2.24) is 10.7 Å². The van der Waals surface area contributed by atoms with Crippen molar-refractivity contribution in [1.29, 1.82) is 0 Å². The van der Waals surface area contributed by atoms with Crippen LogP contribution in [-0.2, 0) is 22.4 Å². The van der Waals surface area contributed by atoms with E-state index in [0.29, 0.717) is 6.54 Å². The van der Waals surface area contributed by atoms with E-state index in [1.807, 2.05) is 0 Å². The SMILES string of the molecule is C=CCNC(=S)/N=C(/COO[O-])NN=S.[Na+]. The number of thiocarbonyl (C=S) groups is 1. The van der Waals surface area contributed by atoms with E-state index in [0.717, 1.165) is 0 Å². The Hall–Kier alpha value is -0.000000000000000222. The number of rotatable bonds is 6. The Kier molecular flexibility index (Phi) is 15.0. The van der Waals surface area contributed by atoms with Crippen molar-refractivity contribution in [3.8, 4) is 0 Å². The molecule has 0 aliphatic rings. The minimum absolute atomic E-state index is 0. The Morgan fingerprint density at radius 2 is 2.25 bits per heavy atom. The molecule has 0 saturated carbocycles. The van der Waals surface area contributed by atoms with Gasteiger partial charge in [-0.3, -0.25) is 10.5 Å². The van der Waals surface area contributed by atoms with Crippen molar-refractivity contribution in [3.05, 3.63) is 12.7 Å². The summed E-state index contributed by atoms with van der Waals surface area (Å²) in [5.41, 5.74) is 2.32. The molecule has 0 rings (SSSR count). The van der Waals surface area contributed by atoms with E-state index in [4.69, 9.17) is 12.2 Å². The summed E-state index contributed by atoms with van der Waals surface area (Å²) in [6.45, 7) is 3.73. The van der Waals surface area contributed by atoms with Crippen molar-refractivity contribution in [2.45, 2.75) is 0 Å². The third kappa shape index (κ3) is 10.5. The zero-order valence-electron chi connectivity index (χ0n) is 8.63. The Labute approximate surface area is 126 Å². The number of nitrogens with zero attached hydrogens (tertiary/aromatic N) is 2. The second-order valence-electron chi connectivity index (χ2n) is 2.07. The Balaban J connectivity index is 0. The van der Waals surface area contributed by atoms with Crippen molar-refractivity contribution in [3.63, 3.8) is 0 Å². The van der Waals surface area contributed by atoms with E-state index >= 15 is 0 Å². The Bertz CT molecular complexity index is 264.